The number of nitrogens with zero attached hydrogens (tertiary/aromatic N) is 3. The monoisotopic (exact) mass is 251 g/mol. The van der Waals surface area contributed by atoms with Crippen molar-refractivity contribution in [2.45, 2.75) is 25.3 Å². The van der Waals surface area contributed by atoms with Crippen LogP contribution < -0.4 is 0 Å². The smallest absolute Gasteiger partial charge is 0.328 e. The lowest BCUT2D eigenvalue weighted by Crippen LogP contribution is -2.48. The second kappa shape index (κ2) is 5.20. The number of esters is 1. The molecule has 1 fully saturated rings. The molecule has 2 heterocycles. The molecular weight excluding hydrogens is 234 g/mol. The zero-order valence-electron chi connectivity index (χ0n) is 10.6. The summed E-state index contributed by atoms with van der Waals surface area (Å²) in [5.74, 6) is -0.495. The maximum atomic E-state index is 12.3. The van der Waals surface area contributed by atoms with E-state index in [0.29, 0.717) is 18.5 Å². The first kappa shape index (κ1) is 12.6. The quantitative estimate of drug-likeness (QED) is 0.721. The van der Waals surface area contributed by atoms with E-state index in [-0.39, 0.29) is 11.9 Å². The molecule has 0 spiro atoms. The zero-order chi connectivity index (χ0) is 13.1. The summed E-state index contributed by atoms with van der Waals surface area (Å²) in [6.07, 6.45) is 5.70. The summed E-state index contributed by atoms with van der Waals surface area (Å²) in [6.45, 7) is 0.591. The predicted octanol–water partition coefficient (Wildman–Crippen LogP) is 0.588. The van der Waals surface area contributed by atoms with Gasteiger partial charge in [-0.25, -0.2) is 4.79 Å². The molecule has 0 N–H and O–H groups in total. The first-order chi connectivity index (χ1) is 8.63. The van der Waals surface area contributed by atoms with E-state index in [4.69, 9.17) is 4.74 Å². The third kappa shape index (κ3) is 2.37. The number of aromatic nitrogens is 2. The van der Waals surface area contributed by atoms with Crippen molar-refractivity contribution in [1.82, 2.24) is 14.7 Å². The van der Waals surface area contributed by atoms with Crippen LogP contribution in [0.1, 0.15) is 29.6 Å². The summed E-state index contributed by atoms with van der Waals surface area (Å²) >= 11 is 0. The van der Waals surface area contributed by atoms with Crippen LogP contribution in [0.3, 0.4) is 0 Å². The maximum absolute atomic E-state index is 12.3. The molecule has 1 aliphatic heterocycles. The molecule has 1 aliphatic rings. The highest BCUT2D eigenvalue weighted by atomic mass is 16.5. The fourth-order valence-electron chi connectivity index (χ4n) is 2.25. The van der Waals surface area contributed by atoms with E-state index in [1.54, 1.807) is 22.8 Å². The lowest BCUT2D eigenvalue weighted by Gasteiger charge is -2.33. The molecule has 98 valence electrons. The van der Waals surface area contributed by atoms with Crippen molar-refractivity contribution in [3.63, 3.8) is 0 Å². The van der Waals surface area contributed by atoms with E-state index in [0.717, 1.165) is 12.8 Å². The molecule has 6 nitrogen and oxygen atoms in total. The Morgan fingerprint density at radius 2 is 2.22 bits per heavy atom. The minimum absolute atomic E-state index is 0.154. The van der Waals surface area contributed by atoms with Gasteiger partial charge in [-0.3, -0.25) is 9.48 Å². The van der Waals surface area contributed by atoms with Crippen LogP contribution in [0, 0.1) is 0 Å². The Balaban J connectivity index is 2.18. The highest BCUT2D eigenvalue weighted by Crippen LogP contribution is 2.20. The molecule has 0 aromatic carbocycles. The lowest BCUT2D eigenvalue weighted by atomic mass is 10.0. The fraction of sp³-hybridized carbons (Fsp3) is 0.583. The van der Waals surface area contributed by atoms with Crippen LogP contribution >= 0.6 is 0 Å². The van der Waals surface area contributed by atoms with E-state index in [1.165, 1.54) is 13.3 Å². The number of amides is 1. The minimum atomic E-state index is -0.462. The number of methoxy groups -OCH3 is 1. The van der Waals surface area contributed by atoms with Crippen LogP contribution in [0.25, 0.3) is 0 Å². The van der Waals surface area contributed by atoms with Crippen LogP contribution in [-0.4, -0.2) is 46.3 Å². The average molecular weight is 251 g/mol. The molecule has 1 saturated heterocycles. The molecule has 18 heavy (non-hydrogen) atoms. The van der Waals surface area contributed by atoms with Gasteiger partial charge in [-0.2, -0.15) is 5.10 Å². The summed E-state index contributed by atoms with van der Waals surface area (Å²) < 4.78 is 6.33. The number of likely N-dealkylation sites (tertiary alicyclic amines) is 1. The van der Waals surface area contributed by atoms with Gasteiger partial charge < -0.3 is 9.64 Å². The van der Waals surface area contributed by atoms with Crippen molar-refractivity contribution >= 4 is 11.9 Å². The molecule has 1 aromatic heterocycles. The Hall–Kier alpha value is -1.85. The van der Waals surface area contributed by atoms with Gasteiger partial charge in [0.2, 0.25) is 0 Å². The molecule has 1 amide bonds. The lowest BCUT2D eigenvalue weighted by molar-refractivity contribution is -0.147. The van der Waals surface area contributed by atoms with Gasteiger partial charge >= 0.3 is 5.97 Å². The molecule has 0 saturated carbocycles. The second-order valence-electron chi connectivity index (χ2n) is 4.44. The summed E-state index contributed by atoms with van der Waals surface area (Å²) in [7, 11) is 3.11. The van der Waals surface area contributed by atoms with Gasteiger partial charge in [0.15, 0.2) is 0 Å². The van der Waals surface area contributed by atoms with Gasteiger partial charge in [0.1, 0.15) is 6.04 Å². The Labute approximate surface area is 106 Å². The molecule has 1 atom stereocenters. The zero-order valence-corrected chi connectivity index (χ0v) is 10.6. The van der Waals surface area contributed by atoms with Gasteiger partial charge in [0.25, 0.3) is 5.91 Å². The summed E-state index contributed by atoms with van der Waals surface area (Å²) in [5, 5.41) is 3.98. The van der Waals surface area contributed by atoms with Crippen molar-refractivity contribution < 1.29 is 14.3 Å². The normalized spacial score (nSPS) is 19.7. The van der Waals surface area contributed by atoms with Crippen molar-refractivity contribution in [3.8, 4) is 0 Å². The number of carbonyl (C=O) groups excluding carboxylic acids is 2. The van der Waals surface area contributed by atoms with Gasteiger partial charge in [-0.15, -0.1) is 0 Å². The third-order valence-corrected chi connectivity index (χ3v) is 3.19. The highest BCUT2D eigenvalue weighted by molar-refractivity contribution is 5.96. The summed E-state index contributed by atoms with van der Waals surface area (Å²) in [4.78, 5) is 25.6. The van der Waals surface area contributed by atoms with Crippen LogP contribution in [0.2, 0.25) is 0 Å². The standard InChI is InChI=1S/C12H17N3O3/c1-14-8-9(7-13-14)11(16)15-6-4-3-5-10(15)12(17)18-2/h7-8,10H,3-6H2,1-2H3/t10-/m1/s1. The summed E-state index contributed by atoms with van der Waals surface area (Å²) in [5.41, 5.74) is 0.508. The first-order valence-corrected chi connectivity index (χ1v) is 6.01. The second-order valence-corrected chi connectivity index (χ2v) is 4.44. The number of ether oxygens (including phenoxy) is 1. The number of piperidine rings is 1. The molecular formula is C12H17N3O3. The van der Waals surface area contributed by atoms with Crippen molar-refractivity contribution in [2.75, 3.05) is 13.7 Å². The van der Waals surface area contributed by atoms with E-state index in [9.17, 15) is 9.59 Å². The Bertz CT molecular complexity index is 455. The van der Waals surface area contributed by atoms with Crippen molar-refractivity contribution in [2.24, 2.45) is 7.05 Å². The molecule has 6 heteroatoms. The van der Waals surface area contributed by atoms with Crippen molar-refractivity contribution in [1.29, 1.82) is 0 Å². The van der Waals surface area contributed by atoms with Gasteiger partial charge in [-0.05, 0) is 19.3 Å². The third-order valence-electron chi connectivity index (χ3n) is 3.19. The molecule has 0 aliphatic carbocycles. The molecule has 0 bridgehead atoms. The van der Waals surface area contributed by atoms with Crippen LogP contribution in [0.5, 0.6) is 0 Å². The SMILES string of the molecule is COC(=O)[C@H]1CCCCN1C(=O)c1cnn(C)c1. The molecule has 2 rings (SSSR count). The van der Waals surface area contributed by atoms with Crippen LogP contribution in [0.4, 0.5) is 0 Å². The molecule has 1 aromatic rings. The predicted molar refractivity (Wildman–Crippen MR) is 63.9 cm³/mol. The van der Waals surface area contributed by atoms with Crippen molar-refractivity contribution in [3.05, 3.63) is 18.0 Å². The number of aryl methyl sites for hydroxylation is 1. The van der Waals surface area contributed by atoms with E-state index >= 15 is 0 Å². The van der Waals surface area contributed by atoms with Crippen LogP contribution in [-0.2, 0) is 16.6 Å². The van der Waals surface area contributed by atoms with Gasteiger partial charge in [0, 0.05) is 19.8 Å². The number of hydrogen-bond acceptors (Lipinski definition) is 4. The van der Waals surface area contributed by atoms with Crippen LogP contribution in [0.15, 0.2) is 12.4 Å². The minimum Gasteiger partial charge on any atom is -0.467 e. The van der Waals surface area contributed by atoms with Gasteiger partial charge in [-0.1, -0.05) is 0 Å². The van der Waals surface area contributed by atoms with Gasteiger partial charge in [0.05, 0.1) is 18.9 Å². The highest BCUT2D eigenvalue weighted by Gasteiger charge is 2.33. The van der Waals surface area contributed by atoms with E-state index < -0.39 is 6.04 Å². The summed E-state index contributed by atoms with van der Waals surface area (Å²) in [6, 6.07) is -0.462. The maximum Gasteiger partial charge on any atom is 0.328 e. The molecule has 0 unspecified atom stereocenters. The average Bonchev–Trinajstić information content (AvgIpc) is 2.83. The Morgan fingerprint density at radius 3 is 2.83 bits per heavy atom. The van der Waals surface area contributed by atoms with E-state index in [1.807, 2.05) is 0 Å². The van der Waals surface area contributed by atoms with E-state index in [2.05, 4.69) is 5.10 Å². The number of carbonyl (C=O) groups is 2. The topological polar surface area (TPSA) is 64.4 Å². The first-order valence-electron chi connectivity index (χ1n) is 6.01. The largest absolute Gasteiger partial charge is 0.467 e. The Kier molecular flexibility index (Phi) is 3.64. The number of rotatable bonds is 2. The number of hydrogen-bond donors (Lipinski definition) is 0. The molecule has 0 radical (unpaired) electrons. The Morgan fingerprint density at radius 1 is 1.44 bits per heavy atom. The fourth-order valence-corrected chi connectivity index (χ4v) is 2.25.